The van der Waals surface area contributed by atoms with Crippen LogP contribution in [0, 0.1) is 0 Å². The van der Waals surface area contributed by atoms with Gasteiger partial charge in [-0.05, 0) is 63.3 Å². The number of nitrogens with one attached hydrogen (secondary N) is 1. The molecule has 2 unspecified atom stereocenters. The molecule has 2 atom stereocenters. The van der Waals surface area contributed by atoms with Gasteiger partial charge >= 0.3 is 0 Å². The van der Waals surface area contributed by atoms with Crippen LogP contribution in [-0.4, -0.2) is 25.3 Å². The molecule has 0 radical (unpaired) electrons. The number of benzene rings is 1. The second kappa shape index (κ2) is 7.88. The van der Waals surface area contributed by atoms with E-state index in [4.69, 9.17) is 16.3 Å². The molecule has 0 amide bonds. The maximum atomic E-state index is 5.89. The minimum atomic E-state index is 0.476. The average molecular weight is 282 g/mol. The molecule has 0 saturated carbocycles. The molecule has 1 fully saturated rings. The molecule has 0 aromatic heterocycles. The van der Waals surface area contributed by atoms with E-state index in [0.717, 1.165) is 31.0 Å². The molecule has 0 spiro atoms. The van der Waals surface area contributed by atoms with Crippen LogP contribution in [0.1, 0.15) is 38.2 Å². The third kappa shape index (κ3) is 5.52. The second-order valence-corrected chi connectivity index (χ2v) is 5.90. The summed E-state index contributed by atoms with van der Waals surface area (Å²) in [6.45, 7) is 4.22. The normalized spacial score (nSPS) is 21.3. The Morgan fingerprint density at radius 1 is 1.32 bits per heavy atom. The Labute approximate surface area is 121 Å². The van der Waals surface area contributed by atoms with E-state index in [1.54, 1.807) is 0 Å². The highest BCUT2D eigenvalue weighted by atomic mass is 35.5. The summed E-state index contributed by atoms with van der Waals surface area (Å²) in [5.41, 5.74) is 1.33. The predicted molar refractivity (Wildman–Crippen MR) is 80.8 cm³/mol. The molecule has 1 N–H and O–H groups in total. The zero-order valence-electron chi connectivity index (χ0n) is 11.7. The summed E-state index contributed by atoms with van der Waals surface area (Å²) in [5.74, 6) is 0. The Hall–Kier alpha value is -0.570. The standard InChI is InChI=1S/C16H24ClNO/c1-13(12-14-5-7-15(17)8-6-14)18-10-9-16-4-2-3-11-19-16/h5-8,13,16,18H,2-4,9-12H2,1H3. The molecular weight excluding hydrogens is 258 g/mol. The Balaban J connectivity index is 1.63. The highest BCUT2D eigenvalue weighted by Gasteiger charge is 2.13. The van der Waals surface area contributed by atoms with Crippen LogP contribution in [-0.2, 0) is 11.2 Å². The first kappa shape index (κ1) is 14.8. The highest BCUT2D eigenvalue weighted by molar-refractivity contribution is 6.30. The van der Waals surface area contributed by atoms with Crippen molar-refractivity contribution in [3.63, 3.8) is 0 Å². The Morgan fingerprint density at radius 3 is 2.79 bits per heavy atom. The Bertz CT molecular complexity index is 360. The summed E-state index contributed by atoms with van der Waals surface area (Å²) in [4.78, 5) is 0. The summed E-state index contributed by atoms with van der Waals surface area (Å²) in [7, 11) is 0. The number of hydrogen-bond donors (Lipinski definition) is 1. The fourth-order valence-electron chi connectivity index (χ4n) is 2.57. The fourth-order valence-corrected chi connectivity index (χ4v) is 2.70. The van der Waals surface area contributed by atoms with Crippen LogP contribution in [0.3, 0.4) is 0 Å². The first-order chi connectivity index (χ1) is 9.24. The molecule has 1 heterocycles. The largest absolute Gasteiger partial charge is 0.378 e. The van der Waals surface area contributed by atoms with Gasteiger partial charge in [0.25, 0.3) is 0 Å². The molecule has 106 valence electrons. The third-order valence-corrected chi connectivity index (χ3v) is 3.94. The van der Waals surface area contributed by atoms with Gasteiger partial charge in [-0.1, -0.05) is 23.7 Å². The van der Waals surface area contributed by atoms with Crippen LogP contribution in [0.4, 0.5) is 0 Å². The van der Waals surface area contributed by atoms with E-state index in [2.05, 4.69) is 24.4 Å². The maximum absolute atomic E-state index is 5.89. The minimum absolute atomic E-state index is 0.476. The van der Waals surface area contributed by atoms with Crippen molar-refractivity contribution in [2.45, 2.75) is 51.2 Å². The quantitative estimate of drug-likeness (QED) is 0.856. The van der Waals surface area contributed by atoms with Crippen molar-refractivity contribution >= 4 is 11.6 Å². The second-order valence-electron chi connectivity index (χ2n) is 5.46. The molecule has 1 aliphatic rings. The van der Waals surface area contributed by atoms with Crippen LogP contribution in [0.2, 0.25) is 5.02 Å². The van der Waals surface area contributed by atoms with Gasteiger partial charge in [0.2, 0.25) is 0 Å². The lowest BCUT2D eigenvalue weighted by Gasteiger charge is -2.23. The molecule has 1 saturated heterocycles. The molecule has 0 bridgehead atoms. The van der Waals surface area contributed by atoms with E-state index in [1.807, 2.05) is 12.1 Å². The zero-order chi connectivity index (χ0) is 13.5. The lowest BCUT2D eigenvalue weighted by atomic mass is 10.1. The minimum Gasteiger partial charge on any atom is -0.378 e. The van der Waals surface area contributed by atoms with Gasteiger partial charge in [-0.25, -0.2) is 0 Å². The summed E-state index contributed by atoms with van der Waals surface area (Å²) in [5, 5.41) is 4.38. The summed E-state index contributed by atoms with van der Waals surface area (Å²) >= 11 is 5.89. The molecule has 2 rings (SSSR count). The third-order valence-electron chi connectivity index (χ3n) is 3.69. The van der Waals surface area contributed by atoms with Gasteiger partial charge in [-0.3, -0.25) is 0 Å². The number of hydrogen-bond acceptors (Lipinski definition) is 2. The molecule has 2 nitrogen and oxygen atoms in total. The topological polar surface area (TPSA) is 21.3 Å². The number of ether oxygens (including phenoxy) is 1. The Kier molecular flexibility index (Phi) is 6.15. The molecule has 1 aromatic rings. The maximum Gasteiger partial charge on any atom is 0.0587 e. The van der Waals surface area contributed by atoms with Crippen molar-refractivity contribution in [3.8, 4) is 0 Å². The van der Waals surface area contributed by atoms with E-state index in [9.17, 15) is 0 Å². The van der Waals surface area contributed by atoms with Gasteiger partial charge < -0.3 is 10.1 Å². The average Bonchev–Trinajstić information content (AvgIpc) is 2.43. The predicted octanol–water partition coefficient (Wildman–Crippen LogP) is 3.82. The SMILES string of the molecule is CC(Cc1ccc(Cl)cc1)NCCC1CCCCO1. The first-order valence-corrected chi connectivity index (χ1v) is 7.71. The van der Waals surface area contributed by atoms with Crippen LogP contribution >= 0.6 is 11.6 Å². The van der Waals surface area contributed by atoms with Crippen LogP contribution in [0.15, 0.2) is 24.3 Å². The van der Waals surface area contributed by atoms with E-state index in [1.165, 1.54) is 24.8 Å². The van der Waals surface area contributed by atoms with Crippen molar-refractivity contribution in [2.75, 3.05) is 13.2 Å². The van der Waals surface area contributed by atoms with Gasteiger partial charge in [-0.2, -0.15) is 0 Å². The zero-order valence-corrected chi connectivity index (χ0v) is 12.5. The van der Waals surface area contributed by atoms with Crippen molar-refractivity contribution in [1.82, 2.24) is 5.32 Å². The monoisotopic (exact) mass is 281 g/mol. The molecule has 3 heteroatoms. The molecule has 1 aliphatic heterocycles. The van der Waals surface area contributed by atoms with E-state index in [-0.39, 0.29) is 0 Å². The van der Waals surface area contributed by atoms with Crippen molar-refractivity contribution in [3.05, 3.63) is 34.9 Å². The van der Waals surface area contributed by atoms with Gasteiger partial charge in [0.15, 0.2) is 0 Å². The van der Waals surface area contributed by atoms with Gasteiger partial charge in [0.05, 0.1) is 6.10 Å². The molecule has 19 heavy (non-hydrogen) atoms. The van der Waals surface area contributed by atoms with Crippen LogP contribution in [0.25, 0.3) is 0 Å². The van der Waals surface area contributed by atoms with Crippen molar-refractivity contribution in [2.24, 2.45) is 0 Å². The summed E-state index contributed by atoms with van der Waals surface area (Å²) in [6.07, 6.45) is 6.44. The van der Waals surface area contributed by atoms with E-state index >= 15 is 0 Å². The fraction of sp³-hybridized carbons (Fsp3) is 0.625. The van der Waals surface area contributed by atoms with Gasteiger partial charge in [0, 0.05) is 17.7 Å². The van der Waals surface area contributed by atoms with Gasteiger partial charge in [-0.15, -0.1) is 0 Å². The Morgan fingerprint density at radius 2 is 2.11 bits per heavy atom. The first-order valence-electron chi connectivity index (χ1n) is 7.33. The number of halogens is 1. The van der Waals surface area contributed by atoms with Crippen LogP contribution < -0.4 is 5.32 Å². The molecular formula is C16H24ClNO. The van der Waals surface area contributed by atoms with E-state index in [0.29, 0.717) is 12.1 Å². The molecule has 0 aliphatic carbocycles. The van der Waals surface area contributed by atoms with Crippen LogP contribution in [0.5, 0.6) is 0 Å². The highest BCUT2D eigenvalue weighted by Crippen LogP contribution is 2.15. The summed E-state index contributed by atoms with van der Waals surface area (Å²) in [6, 6.07) is 8.61. The molecule has 1 aromatic carbocycles. The number of rotatable bonds is 6. The lowest BCUT2D eigenvalue weighted by Crippen LogP contribution is -2.32. The van der Waals surface area contributed by atoms with Crippen molar-refractivity contribution in [1.29, 1.82) is 0 Å². The van der Waals surface area contributed by atoms with Gasteiger partial charge in [0.1, 0.15) is 0 Å². The smallest absolute Gasteiger partial charge is 0.0587 e. The van der Waals surface area contributed by atoms with E-state index < -0.39 is 0 Å². The summed E-state index contributed by atoms with van der Waals surface area (Å²) < 4.78 is 5.74. The van der Waals surface area contributed by atoms with Crippen molar-refractivity contribution < 1.29 is 4.74 Å². The lowest BCUT2D eigenvalue weighted by molar-refractivity contribution is 0.0113.